The SMILES string of the molecule is O=C(NC1CCCC1Cl)C1CCCS1. The number of rotatable bonds is 2. The molecule has 14 heavy (non-hydrogen) atoms. The molecule has 0 bridgehead atoms. The minimum atomic E-state index is 0.158. The van der Waals surface area contributed by atoms with Crippen LogP contribution in [0.1, 0.15) is 32.1 Å². The fraction of sp³-hybridized carbons (Fsp3) is 0.900. The zero-order chi connectivity index (χ0) is 9.97. The van der Waals surface area contributed by atoms with Gasteiger partial charge in [-0.25, -0.2) is 0 Å². The van der Waals surface area contributed by atoms with Crippen LogP contribution in [0.2, 0.25) is 0 Å². The number of hydrogen-bond acceptors (Lipinski definition) is 2. The normalized spacial score (nSPS) is 37.4. The Balaban J connectivity index is 1.81. The molecular formula is C10H16ClNOS. The molecule has 1 amide bonds. The number of carbonyl (C=O) groups excluding carboxylic acids is 1. The van der Waals surface area contributed by atoms with Crippen LogP contribution >= 0.6 is 23.4 Å². The molecule has 1 aliphatic carbocycles. The first-order valence-corrected chi connectivity index (χ1v) is 6.82. The van der Waals surface area contributed by atoms with Gasteiger partial charge in [-0.05, 0) is 37.9 Å². The topological polar surface area (TPSA) is 29.1 Å². The van der Waals surface area contributed by atoms with Gasteiger partial charge in [-0.3, -0.25) is 4.79 Å². The average molecular weight is 234 g/mol. The fourth-order valence-corrected chi connectivity index (χ4v) is 3.65. The highest BCUT2D eigenvalue weighted by Gasteiger charge is 2.30. The summed E-state index contributed by atoms with van der Waals surface area (Å²) in [5.41, 5.74) is 0. The van der Waals surface area contributed by atoms with E-state index >= 15 is 0 Å². The van der Waals surface area contributed by atoms with Crippen LogP contribution in [0.25, 0.3) is 0 Å². The van der Waals surface area contributed by atoms with E-state index in [-0.39, 0.29) is 22.6 Å². The Kier molecular flexibility index (Phi) is 3.61. The third-order valence-corrected chi connectivity index (χ3v) is 4.88. The maximum absolute atomic E-state index is 11.8. The van der Waals surface area contributed by atoms with E-state index in [1.807, 2.05) is 0 Å². The monoisotopic (exact) mass is 233 g/mol. The summed E-state index contributed by atoms with van der Waals surface area (Å²) < 4.78 is 0. The van der Waals surface area contributed by atoms with Gasteiger partial charge in [0, 0.05) is 6.04 Å². The van der Waals surface area contributed by atoms with Gasteiger partial charge in [-0.1, -0.05) is 0 Å². The van der Waals surface area contributed by atoms with Crippen molar-refractivity contribution in [3.05, 3.63) is 0 Å². The van der Waals surface area contributed by atoms with Crippen molar-refractivity contribution in [3.8, 4) is 0 Å². The Morgan fingerprint density at radius 1 is 1.29 bits per heavy atom. The molecule has 0 radical (unpaired) electrons. The number of amides is 1. The minimum Gasteiger partial charge on any atom is -0.351 e. The zero-order valence-corrected chi connectivity index (χ0v) is 9.74. The maximum atomic E-state index is 11.8. The van der Waals surface area contributed by atoms with Crippen molar-refractivity contribution in [1.82, 2.24) is 5.32 Å². The van der Waals surface area contributed by atoms with E-state index in [2.05, 4.69) is 5.32 Å². The highest BCUT2D eigenvalue weighted by molar-refractivity contribution is 8.00. The van der Waals surface area contributed by atoms with Gasteiger partial charge in [-0.2, -0.15) is 0 Å². The molecule has 1 saturated heterocycles. The summed E-state index contributed by atoms with van der Waals surface area (Å²) in [7, 11) is 0. The Labute approximate surface area is 94.1 Å². The van der Waals surface area contributed by atoms with Crippen molar-refractivity contribution in [2.45, 2.75) is 48.8 Å². The third kappa shape index (κ3) is 2.37. The minimum absolute atomic E-state index is 0.158. The van der Waals surface area contributed by atoms with Gasteiger partial charge in [0.1, 0.15) is 0 Å². The molecule has 80 valence electrons. The molecule has 4 heteroatoms. The smallest absolute Gasteiger partial charge is 0.233 e. The van der Waals surface area contributed by atoms with Crippen molar-refractivity contribution < 1.29 is 4.79 Å². The lowest BCUT2D eigenvalue weighted by Crippen LogP contribution is -2.41. The van der Waals surface area contributed by atoms with Gasteiger partial charge in [0.05, 0.1) is 10.6 Å². The summed E-state index contributed by atoms with van der Waals surface area (Å²) in [4.78, 5) is 11.8. The Morgan fingerprint density at radius 3 is 2.71 bits per heavy atom. The van der Waals surface area contributed by atoms with Gasteiger partial charge in [0.2, 0.25) is 5.91 Å². The van der Waals surface area contributed by atoms with E-state index in [0.717, 1.165) is 31.4 Å². The molecule has 2 rings (SSSR count). The van der Waals surface area contributed by atoms with E-state index in [4.69, 9.17) is 11.6 Å². The van der Waals surface area contributed by atoms with Gasteiger partial charge < -0.3 is 5.32 Å². The lowest BCUT2D eigenvalue weighted by molar-refractivity contribution is -0.121. The molecule has 1 aliphatic heterocycles. The number of hydrogen-bond donors (Lipinski definition) is 1. The van der Waals surface area contributed by atoms with Crippen molar-refractivity contribution in [2.24, 2.45) is 0 Å². The molecule has 0 aromatic heterocycles. The van der Waals surface area contributed by atoms with E-state index in [1.54, 1.807) is 11.8 Å². The Bertz CT molecular complexity index is 218. The predicted octanol–water partition coefficient (Wildman–Crippen LogP) is 2.16. The number of nitrogens with one attached hydrogen (secondary N) is 1. The number of thioether (sulfide) groups is 1. The van der Waals surface area contributed by atoms with E-state index in [1.165, 1.54) is 6.42 Å². The van der Waals surface area contributed by atoms with Crippen LogP contribution in [0, 0.1) is 0 Å². The standard InChI is InChI=1S/C10H16ClNOS/c11-7-3-1-4-8(7)12-10(13)9-5-2-6-14-9/h7-9H,1-6H2,(H,12,13). The molecule has 2 fully saturated rings. The maximum Gasteiger partial charge on any atom is 0.233 e. The second-order valence-corrected chi connectivity index (χ2v) is 5.93. The van der Waals surface area contributed by atoms with E-state index < -0.39 is 0 Å². The largest absolute Gasteiger partial charge is 0.351 e. The van der Waals surface area contributed by atoms with Crippen LogP contribution in [0.5, 0.6) is 0 Å². The predicted molar refractivity (Wildman–Crippen MR) is 60.9 cm³/mol. The molecule has 3 atom stereocenters. The first-order valence-electron chi connectivity index (χ1n) is 5.33. The molecule has 2 nitrogen and oxygen atoms in total. The highest BCUT2D eigenvalue weighted by Crippen LogP contribution is 2.28. The second kappa shape index (κ2) is 4.75. The Hall–Kier alpha value is 0.110. The van der Waals surface area contributed by atoms with Crippen LogP contribution in [-0.2, 0) is 4.79 Å². The molecule has 3 unspecified atom stereocenters. The first-order chi connectivity index (χ1) is 6.77. The van der Waals surface area contributed by atoms with Gasteiger partial charge in [0.25, 0.3) is 0 Å². The lowest BCUT2D eigenvalue weighted by atomic mass is 10.2. The van der Waals surface area contributed by atoms with Crippen molar-refractivity contribution in [1.29, 1.82) is 0 Å². The van der Waals surface area contributed by atoms with Crippen LogP contribution in [0.4, 0.5) is 0 Å². The van der Waals surface area contributed by atoms with Gasteiger partial charge in [-0.15, -0.1) is 23.4 Å². The van der Waals surface area contributed by atoms with E-state index in [0.29, 0.717) is 0 Å². The quantitative estimate of drug-likeness (QED) is 0.741. The molecule has 1 saturated carbocycles. The van der Waals surface area contributed by atoms with Crippen molar-refractivity contribution in [3.63, 3.8) is 0 Å². The Morgan fingerprint density at radius 2 is 2.14 bits per heavy atom. The van der Waals surface area contributed by atoms with Crippen molar-refractivity contribution in [2.75, 3.05) is 5.75 Å². The van der Waals surface area contributed by atoms with Crippen LogP contribution in [0.3, 0.4) is 0 Å². The average Bonchev–Trinajstić information content (AvgIpc) is 2.77. The molecule has 0 aromatic carbocycles. The van der Waals surface area contributed by atoms with E-state index in [9.17, 15) is 4.79 Å². The summed E-state index contributed by atoms with van der Waals surface area (Å²) in [6.07, 6.45) is 5.46. The van der Waals surface area contributed by atoms with Gasteiger partial charge >= 0.3 is 0 Å². The molecule has 2 aliphatic rings. The van der Waals surface area contributed by atoms with Crippen LogP contribution < -0.4 is 5.32 Å². The zero-order valence-electron chi connectivity index (χ0n) is 8.17. The summed E-state index contributed by atoms with van der Waals surface area (Å²) in [5, 5.41) is 3.43. The third-order valence-electron chi connectivity index (χ3n) is 2.98. The molecule has 1 N–H and O–H groups in total. The fourth-order valence-electron chi connectivity index (χ4n) is 2.14. The summed E-state index contributed by atoms with van der Waals surface area (Å²) in [6, 6.07) is 0.227. The number of alkyl halides is 1. The summed E-state index contributed by atoms with van der Waals surface area (Å²) >= 11 is 7.89. The molecule has 0 spiro atoms. The highest BCUT2D eigenvalue weighted by atomic mass is 35.5. The van der Waals surface area contributed by atoms with Gasteiger partial charge in [0.15, 0.2) is 0 Å². The molecule has 0 aromatic rings. The van der Waals surface area contributed by atoms with Crippen molar-refractivity contribution >= 4 is 29.3 Å². The van der Waals surface area contributed by atoms with Crippen LogP contribution in [-0.4, -0.2) is 28.3 Å². The first kappa shape index (κ1) is 10.6. The van der Waals surface area contributed by atoms with Crippen LogP contribution in [0.15, 0.2) is 0 Å². The summed E-state index contributed by atoms with van der Waals surface area (Å²) in [6.45, 7) is 0. The second-order valence-electron chi connectivity index (χ2n) is 4.06. The molecular weight excluding hydrogens is 218 g/mol. The summed E-state index contributed by atoms with van der Waals surface area (Å²) in [5.74, 6) is 1.35. The number of halogens is 1. The lowest BCUT2D eigenvalue weighted by Gasteiger charge is -2.18. The molecule has 1 heterocycles. The number of carbonyl (C=O) groups is 1.